The van der Waals surface area contributed by atoms with Gasteiger partial charge < -0.3 is 10.1 Å². The van der Waals surface area contributed by atoms with E-state index in [4.69, 9.17) is 4.74 Å². The number of hydrogen-bond donors (Lipinski definition) is 2. The van der Waals surface area contributed by atoms with Gasteiger partial charge in [-0.3, -0.25) is 4.79 Å². The van der Waals surface area contributed by atoms with E-state index in [0.29, 0.717) is 0 Å². The molecule has 0 aliphatic rings. The molecule has 7 heteroatoms. The van der Waals surface area contributed by atoms with Gasteiger partial charge in [0.1, 0.15) is 11.6 Å². The second-order valence-electron chi connectivity index (χ2n) is 4.54. The van der Waals surface area contributed by atoms with Gasteiger partial charge in [0, 0.05) is 15.7 Å². The highest BCUT2D eigenvalue weighted by atomic mass is 79.9. The zero-order valence-electron chi connectivity index (χ0n) is 12.3. The summed E-state index contributed by atoms with van der Waals surface area (Å²) in [5, 5.41) is 6.68. The molecule has 0 bridgehead atoms. The molecule has 2 aromatic carbocycles. The number of hydrogen-bond acceptors (Lipinski definition) is 4. The number of halogens is 2. The third kappa shape index (κ3) is 5.37. The van der Waals surface area contributed by atoms with Crippen molar-refractivity contribution in [1.29, 1.82) is 0 Å². The van der Waals surface area contributed by atoms with Crippen LogP contribution < -0.4 is 15.5 Å². The Bertz CT molecular complexity index is 705. The molecule has 0 fully saturated rings. The molecule has 0 saturated heterocycles. The molecule has 23 heavy (non-hydrogen) atoms. The molecule has 2 aromatic rings. The van der Waals surface area contributed by atoms with Crippen molar-refractivity contribution in [2.45, 2.75) is 0 Å². The van der Waals surface area contributed by atoms with Crippen molar-refractivity contribution < 1.29 is 13.9 Å². The smallest absolute Gasteiger partial charge is 0.259 e. The van der Waals surface area contributed by atoms with Gasteiger partial charge in [-0.2, -0.15) is 5.10 Å². The van der Waals surface area contributed by atoms with E-state index < -0.39 is 5.82 Å². The maximum Gasteiger partial charge on any atom is 0.259 e. The number of nitrogens with one attached hydrogen (secondary N) is 2. The van der Waals surface area contributed by atoms with E-state index in [-0.39, 0.29) is 18.0 Å². The van der Waals surface area contributed by atoms with Crippen LogP contribution in [0.25, 0.3) is 0 Å². The predicted octanol–water partition coefficient (Wildman–Crippen LogP) is 3.16. The van der Waals surface area contributed by atoms with Gasteiger partial charge >= 0.3 is 0 Å². The summed E-state index contributed by atoms with van der Waals surface area (Å²) in [7, 11) is 1.59. The van der Waals surface area contributed by atoms with Gasteiger partial charge in [-0.25, -0.2) is 9.82 Å². The quantitative estimate of drug-likeness (QED) is 0.598. The first-order valence-electron chi connectivity index (χ1n) is 6.73. The second kappa shape index (κ2) is 8.28. The lowest BCUT2D eigenvalue weighted by atomic mass is 10.2. The molecule has 0 unspecified atom stereocenters. The summed E-state index contributed by atoms with van der Waals surface area (Å²) in [6.07, 6.45) is 1.26. The van der Waals surface area contributed by atoms with Crippen LogP contribution in [0.3, 0.4) is 0 Å². The van der Waals surface area contributed by atoms with Crippen molar-refractivity contribution in [3.05, 3.63) is 58.3 Å². The summed E-state index contributed by atoms with van der Waals surface area (Å²) in [5.74, 6) is -0.0179. The van der Waals surface area contributed by atoms with E-state index in [2.05, 4.69) is 31.8 Å². The number of nitrogens with zero attached hydrogens (tertiary/aromatic N) is 1. The highest BCUT2D eigenvalue weighted by Crippen LogP contribution is 2.15. The number of anilines is 1. The lowest BCUT2D eigenvalue weighted by Crippen LogP contribution is -2.25. The van der Waals surface area contributed by atoms with Crippen molar-refractivity contribution in [3.63, 3.8) is 0 Å². The molecule has 120 valence electrons. The summed E-state index contributed by atoms with van der Waals surface area (Å²) >= 11 is 3.24. The SMILES string of the molecule is COc1ccc(NCC(=O)N/N=C/c2cc(Br)ccc2F)cc1. The molecular weight excluding hydrogens is 365 g/mol. The molecule has 0 saturated carbocycles. The molecule has 5 nitrogen and oxygen atoms in total. The Morgan fingerprint density at radius 3 is 2.74 bits per heavy atom. The molecule has 0 aromatic heterocycles. The number of benzene rings is 2. The van der Waals surface area contributed by atoms with Crippen LogP contribution in [0, 0.1) is 5.82 Å². The number of methoxy groups -OCH3 is 1. The average Bonchev–Trinajstić information content (AvgIpc) is 2.56. The Balaban J connectivity index is 1.82. The number of carbonyl (C=O) groups is 1. The Kier molecular flexibility index (Phi) is 6.10. The Labute approximate surface area is 141 Å². The van der Waals surface area contributed by atoms with E-state index in [1.54, 1.807) is 43.5 Å². The second-order valence-corrected chi connectivity index (χ2v) is 5.46. The van der Waals surface area contributed by atoms with Crippen molar-refractivity contribution in [1.82, 2.24) is 5.43 Å². The highest BCUT2D eigenvalue weighted by molar-refractivity contribution is 9.10. The van der Waals surface area contributed by atoms with Crippen LogP contribution in [0.4, 0.5) is 10.1 Å². The Morgan fingerprint density at radius 1 is 1.30 bits per heavy atom. The topological polar surface area (TPSA) is 62.7 Å². The van der Waals surface area contributed by atoms with Crippen LogP contribution in [-0.2, 0) is 4.79 Å². The van der Waals surface area contributed by atoms with Crippen LogP contribution in [0.2, 0.25) is 0 Å². The molecule has 0 aliphatic carbocycles. The third-order valence-corrected chi connectivity index (χ3v) is 3.39. The molecule has 1 amide bonds. The summed E-state index contributed by atoms with van der Waals surface area (Å²) in [5.41, 5.74) is 3.39. The van der Waals surface area contributed by atoms with Gasteiger partial charge in [0.25, 0.3) is 5.91 Å². The lowest BCUT2D eigenvalue weighted by molar-refractivity contribution is -0.119. The van der Waals surface area contributed by atoms with E-state index in [9.17, 15) is 9.18 Å². The predicted molar refractivity (Wildman–Crippen MR) is 91.3 cm³/mol. The van der Waals surface area contributed by atoms with E-state index in [1.807, 2.05) is 0 Å². The number of rotatable bonds is 6. The Hall–Kier alpha value is -2.41. The summed E-state index contributed by atoms with van der Waals surface area (Å²) in [6, 6.07) is 11.6. The minimum absolute atomic E-state index is 0.0463. The fourth-order valence-corrected chi connectivity index (χ4v) is 2.10. The maximum atomic E-state index is 13.5. The first-order valence-corrected chi connectivity index (χ1v) is 7.52. The lowest BCUT2D eigenvalue weighted by Gasteiger charge is -2.06. The van der Waals surface area contributed by atoms with Crippen LogP contribution in [0.5, 0.6) is 5.75 Å². The molecule has 0 radical (unpaired) electrons. The van der Waals surface area contributed by atoms with Crippen LogP contribution >= 0.6 is 15.9 Å². The standard InChI is InChI=1S/C16H15BrFN3O2/c1-23-14-5-3-13(4-6-14)19-10-16(22)21-20-9-11-8-12(17)2-7-15(11)18/h2-9,19H,10H2,1H3,(H,21,22)/b20-9+. The number of carbonyl (C=O) groups excluding carboxylic acids is 1. The summed E-state index contributed by atoms with van der Waals surface area (Å²) in [6.45, 7) is 0.0463. The van der Waals surface area contributed by atoms with Crippen molar-refractivity contribution in [2.75, 3.05) is 19.0 Å². The molecule has 2 rings (SSSR count). The number of amides is 1. The van der Waals surface area contributed by atoms with Crippen LogP contribution in [0.1, 0.15) is 5.56 Å². The normalized spacial score (nSPS) is 10.6. The van der Waals surface area contributed by atoms with Crippen LogP contribution in [0.15, 0.2) is 52.0 Å². The first kappa shape index (κ1) is 17.0. The van der Waals surface area contributed by atoms with E-state index >= 15 is 0 Å². The minimum atomic E-state index is -0.414. The monoisotopic (exact) mass is 379 g/mol. The van der Waals surface area contributed by atoms with Crippen molar-refractivity contribution in [3.8, 4) is 5.75 Å². The van der Waals surface area contributed by atoms with E-state index in [1.165, 1.54) is 12.3 Å². The number of hydrazone groups is 1. The van der Waals surface area contributed by atoms with Gasteiger partial charge in [-0.15, -0.1) is 0 Å². The fraction of sp³-hybridized carbons (Fsp3) is 0.125. The maximum absolute atomic E-state index is 13.5. The van der Waals surface area contributed by atoms with Crippen molar-refractivity contribution >= 4 is 33.7 Å². The first-order chi connectivity index (χ1) is 11.1. The largest absolute Gasteiger partial charge is 0.497 e. The van der Waals surface area contributed by atoms with Gasteiger partial charge in [0.15, 0.2) is 0 Å². The highest BCUT2D eigenvalue weighted by Gasteiger charge is 2.02. The molecule has 0 aliphatic heterocycles. The minimum Gasteiger partial charge on any atom is -0.497 e. The molecule has 0 atom stereocenters. The number of ether oxygens (including phenoxy) is 1. The zero-order valence-corrected chi connectivity index (χ0v) is 13.9. The third-order valence-electron chi connectivity index (χ3n) is 2.89. The fourth-order valence-electron chi connectivity index (χ4n) is 1.72. The molecule has 0 heterocycles. The van der Waals surface area contributed by atoms with Gasteiger partial charge in [0.2, 0.25) is 0 Å². The Morgan fingerprint density at radius 2 is 2.04 bits per heavy atom. The molecule has 2 N–H and O–H groups in total. The zero-order chi connectivity index (χ0) is 16.7. The molecular formula is C16H15BrFN3O2. The van der Waals surface area contributed by atoms with Crippen molar-refractivity contribution in [2.24, 2.45) is 5.10 Å². The summed E-state index contributed by atoms with van der Waals surface area (Å²) in [4.78, 5) is 11.7. The van der Waals surface area contributed by atoms with Crippen LogP contribution in [-0.4, -0.2) is 25.8 Å². The molecule has 0 spiro atoms. The van der Waals surface area contributed by atoms with E-state index in [0.717, 1.165) is 15.9 Å². The van der Waals surface area contributed by atoms with Gasteiger partial charge in [-0.05, 0) is 42.5 Å². The summed E-state index contributed by atoms with van der Waals surface area (Å²) < 4.78 is 19.3. The van der Waals surface area contributed by atoms with Gasteiger partial charge in [-0.1, -0.05) is 15.9 Å². The average molecular weight is 380 g/mol. The van der Waals surface area contributed by atoms with Gasteiger partial charge in [0.05, 0.1) is 19.9 Å².